The van der Waals surface area contributed by atoms with Gasteiger partial charge < -0.3 is 11.1 Å². The lowest BCUT2D eigenvalue weighted by Gasteiger charge is -2.08. The van der Waals surface area contributed by atoms with Crippen molar-refractivity contribution in [2.45, 2.75) is 13.5 Å². The summed E-state index contributed by atoms with van der Waals surface area (Å²) in [5.41, 5.74) is 9.63. The normalized spacial score (nSPS) is 10.2. The van der Waals surface area contributed by atoms with E-state index in [1.165, 1.54) is 12.1 Å². The average molecular weight is 230 g/mol. The number of nitrogens with two attached hydrogens (primary N) is 1. The van der Waals surface area contributed by atoms with E-state index in [4.69, 9.17) is 5.73 Å². The molecule has 0 atom stereocenters. The van der Waals surface area contributed by atoms with Crippen molar-refractivity contribution >= 4 is 11.4 Å². The molecule has 2 aromatic carbocycles. The van der Waals surface area contributed by atoms with E-state index in [-0.39, 0.29) is 5.82 Å². The van der Waals surface area contributed by atoms with Gasteiger partial charge in [-0.3, -0.25) is 0 Å². The number of halogens is 1. The van der Waals surface area contributed by atoms with Crippen molar-refractivity contribution in [3.63, 3.8) is 0 Å². The second kappa shape index (κ2) is 4.87. The summed E-state index contributed by atoms with van der Waals surface area (Å²) in [6.07, 6.45) is 0. The number of hydrogen-bond donors (Lipinski definition) is 2. The minimum atomic E-state index is -0.214. The van der Waals surface area contributed by atoms with Gasteiger partial charge in [-0.1, -0.05) is 12.1 Å². The fourth-order valence-electron chi connectivity index (χ4n) is 1.72. The molecule has 2 rings (SSSR count). The summed E-state index contributed by atoms with van der Waals surface area (Å²) < 4.78 is 12.7. The summed E-state index contributed by atoms with van der Waals surface area (Å²) in [5, 5.41) is 3.26. The van der Waals surface area contributed by atoms with Gasteiger partial charge in [0.05, 0.1) is 0 Å². The van der Waals surface area contributed by atoms with Crippen molar-refractivity contribution in [1.82, 2.24) is 0 Å². The molecule has 0 amide bonds. The van der Waals surface area contributed by atoms with Crippen molar-refractivity contribution < 1.29 is 4.39 Å². The maximum absolute atomic E-state index is 12.7. The van der Waals surface area contributed by atoms with Crippen LogP contribution < -0.4 is 11.1 Å². The molecule has 0 saturated heterocycles. The molecular weight excluding hydrogens is 215 g/mol. The highest BCUT2D eigenvalue weighted by molar-refractivity contribution is 5.56. The summed E-state index contributed by atoms with van der Waals surface area (Å²) in [6, 6.07) is 12.3. The van der Waals surface area contributed by atoms with E-state index in [2.05, 4.69) is 5.32 Å². The quantitative estimate of drug-likeness (QED) is 0.794. The number of benzene rings is 2. The van der Waals surface area contributed by atoms with Crippen LogP contribution in [-0.4, -0.2) is 0 Å². The van der Waals surface area contributed by atoms with Gasteiger partial charge in [-0.05, 0) is 48.4 Å². The number of hydrogen-bond acceptors (Lipinski definition) is 2. The first kappa shape index (κ1) is 11.5. The second-order valence-corrected chi connectivity index (χ2v) is 4.11. The van der Waals surface area contributed by atoms with Gasteiger partial charge in [0.2, 0.25) is 0 Å². The summed E-state index contributed by atoms with van der Waals surface area (Å²) in [4.78, 5) is 0. The Labute approximate surface area is 100 Å². The predicted molar refractivity (Wildman–Crippen MR) is 69.3 cm³/mol. The molecule has 0 aliphatic rings. The molecule has 3 heteroatoms. The van der Waals surface area contributed by atoms with Gasteiger partial charge in [0, 0.05) is 17.9 Å². The molecule has 0 aromatic heterocycles. The van der Waals surface area contributed by atoms with E-state index in [1.807, 2.05) is 25.1 Å². The maximum atomic E-state index is 12.7. The largest absolute Gasteiger partial charge is 0.399 e. The first-order chi connectivity index (χ1) is 8.13. The van der Waals surface area contributed by atoms with Crippen LogP contribution in [0, 0.1) is 12.7 Å². The van der Waals surface area contributed by atoms with E-state index in [0.717, 1.165) is 22.5 Å². The molecule has 0 heterocycles. The van der Waals surface area contributed by atoms with E-state index < -0.39 is 0 Å². The van der Waals surface area contributed by atoms with Gasteiger partial charge >= 0.3 is 0 Å². The van der Waals surface area contributed by atoms with Crippen molar-refractivity contribution in [2.24, 2.45) is 0 Å². The van der Waals surface area contributed by atoms with E-state index in [0.29, 0.717) is 6.54 Å². The van der Waals surface area contributed by atoms with E-state index in [9.17, 15) is 4.39 Å². The number of nitrogens with one attached hydrogen (secondary N) is 1. The van der Waals surface area contributed by atoms with Crippen LogP contribution in [0.5, 0.6) is 0 Å². The van der Waals surface area contributed by atoms with Gasteiger partial charge in [0.15, 0.2) is 0 Å². The smallest absolute Gasteiger partial charge is 0.123 e. The molecule has 88 valence electrons. The van der Waals surface area contributed by atoms with Crippen molar-refractivity contribution in [2.75, 3.05) is 11.1 Å². The molecule has 0 saturated carbocycles. The van der Waals surface area contributed by atoms with Crippen LogP contribution in [0.3, 0.4) is 0 Å². The first-order valence-corrected chi connectivity index (χ1v) is 5.49. The molecule has 0 aliphatic heterocycles. The zero-order valence-corrected chi connectivity index (χ0v) is 9.70. The minimum Gasteiger partial charge on any atom is -0.399 e. The summed E-state index contributed by atoms with van der Waals surface area (Å²) >= 11 is 0. The first-order valence-electron chi connectivity index (χ1n) is 5.49. The van der Waals surface area contributed by atoms with E-state index in [1.54, 1.807) is 12.1 Å². The molecule has 17 heavy (non-hydrogen) atoms. The van der Waals surface area contributed by atoms with Crippen molar-refractivity contribution in [1.29, 1.82) is 0 Å². The lowest BCUT2D eigenvalue weighted by molar-refractivity contribution is 0.627. The number of nitrogen functional groups attached to an aromatic ring is 1. The Morgan fingerprint density at radius 3 is 2.47 bits per heavy atom. The maximum Gasteiger partial charge on any atom is 0.123 e. The SMILES string of the molecule is Cc1cc(N)cc(NCc2ccc(F)cc2)c1. The van der Waals surface area contributed by atoms with Gasteiger partial charge in [-0.2, -0.15) is 0 Å². The Morgan fingerprint density at radius 2 is 1.82 bits per heavy atom. The van der Waals surface area contributed by atoms with Crippen LogP contribution in [0.1, 0.15) is 11.1 Å². The molecular formula is C14H15FN2. The van der Waals surface area contributed by atoms with Crippen LogP contribution >= 0.6 is 0 Å². The molecule has 0 spiro atoms. The van der Waals surface area contributed by atoms with E-state index >= 15 is 0 Å². The Morgan fingerprint density at radius 1 is 1.12 bits per heavy atom. The zero-order chi connectivity index (χ0) is 12.3. The Hall–Kier alpha value is -2.03. The van der Waals surface area contributed by atoms with Crippen molar-refractivity contribution in [3.8, 4) is 0 Å². The van der Waals surface area contributed by atoms with Gasteiger partial charge in [0.1, 0.15) is 5.82 Å². The molecule has 2 aromatic rings. The Bertz CT molecular complexity index is 486. The van der Waals surface area contributed by atoms with Gasteiger partial charge in [-0.25, -0.2) is 4.39 Å². The van der Waals surface area contributed by atoms with Crippen LogP contribution in [0.25, 0.3) is 0 Å². The number of aryl methyl sites for hydroxylation is 1. The van der Waals surface area contributed by atoms with Crippen LogP contribution in [0.15, 0.2) is 42.5 Å². The molecule has 0 aliphatic carbocycles. The van der Waals surface area contributed by atoms with Crippen LogP contribution in [-0.2, 0) is 6.54 Å². The minimum absolute atomic E-state index is 0.214. The van der Waals surface area contributed by atoms with Crippen LogP contribution in [0.4, 0.5) is 15.8 Å². The standard InChI is InChI=1S/C14H15FN2/c1-10-6-13(16)8-14(7-10)17-9-11-2-4-12(15)5-3-11/h2-8,17H,9,16H2,1H3. The van der Waals surface area contributed by atoms with Crippen molar-refractivity contribution in [3.05, 3.63) is 59.4 Å². The lowest BCUT2D eigenvalue weighted by Crippen LogP contribution is -2.00. The third kappa shape index (κ3) is 3.21. The number of anilines is 2. The van der Waals surface area contributed by atoms with Gasteiger partial charge in [0.25, 0.3) is 0 Å². The number of rotatable bonds is 3. The second-order valence-electron chi connectivity index (χ2n) is 4.11. The zero-order valence-electron chi connectivity index (χ0n) is 9.70. The lowest BCUT2D eigenvalue weighted by atomic mass is 10.2. The molecule has 0 fully saturated rings. The molecule has 0 bridgehead atoms. The summed E-state index contributed by atoms with van der Waals surface area (Å²) in [5.74, 6) is -0.214. The molecule has 2 nitrogen and oxygen atoms in total. The molecule has 0 radical (unpaired) electrons. The Kier molecular flexibility index (Phi) is 3.28. The average Bonchev–Trinajstić information content (AvgIpc) is 2.27. The Balaban J connectivity index is 2.04. The third-order valence-corrected chi connectivity index (χ3v) is 2.51. The molecule has 3 N–H and O–H groups in total. The molecule has 0 unspecified atom stereocenters. The van der Waals surface area contributed by atoms with Crippen LogP contribution in [0.2, 0.25) is 0 Å². The monoisotopic (exact) mass is 230 g/mol. The fourth-order valence-corrected chi connectivity index (χ4v) is 1.72. The topological polar surface area (TPSA) is 38.0 Å². The third-order valence-electron chi connectivity index (χ3n) is 2.51. The fraction of sp³-hybridized carbons (Fsp3) is 0.143. The summed E-state index contributed by atoms with van der Waals surface area (Å²) in [7, 11) is 0. The van der Waals surface area contributed by atoms with Gasteiger partial charge in [-0.15, -0.1) is 0 Å². The highest BCUT2D eigenvalue weighted by Gasteiger charge is 1.97. The predicted octanol–water partition coefficient (Wildman–Crippen LogP) is 3.33. The summed E-state index contributed by atoms with van der Waals surface area (Å²) in [6.45, 7) is 2.66. The highest BCUT2D eigenvalue weighted by Crippen LogP contribution is 2.16. The highest BCUT2D eigenvalue weighted by atomic mass is 19.1.